The fourth-order valence-corrected chi connectivity index (χ4v) is 3.81. The first kappa shape index (κ1) is 20.6. The molecule has 28 heavy (non-hydrogen) atoms. The molecule has 0 atom stereocenters. The number of hydrogen-bond donors (Lipinski definition) is 2. The number of carbonyl (C=O) groups excluding carboxylic acids is 2. The summed E-state index contributed by atoms with van der Waals surface area (Å²) in [5.41, 5.74) is 1.91. The number of hydrogen-bond acceptors (Lipinski definition) is 5. The van der Waals surface area contributed by atoms with Crippen molar-refractivity contribution in [2.75, 3.05) is 56.2 Å². The fourth-order valence-electron chi connectivity index (χ4n) is 3.81. The van der Waals surface area contributed by atoms with Crippen LogP contribution in [0.4, 0.5) is 11.4 Å². The van der Waals surface area contributed by atoms with E-state index < -0.39 is 0 Å². The Balaban J connectivity index is 1.44. The van der Waals surface area contributed by atoms with E-state index in [9.17, 15) is 9.59 Å². The van der Waals surface area contributed by atoms with Crippen LogP contribution in [-0.4, -0.2) is 68.7 Å². The van der Waals surface area contributed by atoms with E-state index in [0.29, 0.717) is 12.6 Å². The van der Waals surface area contributed by atoms with Crippen molar-refractivity contribution in [3.05, 3.63) is 24.3 Å². The van der Waals surface area contributed by atoms with Gasteiger partial charge in [0.1, 0.15) is 0 Å². The normalized spacial score (nSPS) is 17.7. The summed E-state index contributed by atoms with van der Waals surface area (Å²) in [5, 5.41) is 6.01. The van der Waals surface area contributed by atoms with Crippen molar-refractivity contribution in [3.63, 3.8) is 0 Å². The molecule has 1 aliphatic carbocycles. The van der Waals surface area contributed by atoms with Crippen LogP contribution in [0.15, 0.2) is 24.3 Å². The summed E-state index contributed by atoms with van der Waals surface area (Å²) in [6, 6.07) is 8.20. The van der Waals surface area contributed by atoms with E-state index in [1.807, 2.05) is 36.1 Å². The molecule has 1 saturated heterocycles. The summed E-state index contributed by atoms with van der Waals surface area (Å²) in [5.74, 6) is -0.0916. The maximum absolute atomic E-state index is 12.4. The minimum Gasteiger partial charge on any atom is -0.378 e. The lowest BCUT2D eigenvalue weighted by Gasteiger charge is -2.29. The molecule has 2 aliphatic rings. The molecule has 3 rings (SSSR count). The first-order chi connectivity index (χ1) is 13.6. The Morgan fingerprint density at radius 2 is 1.71 bits per heavy atom. The molecule has 7 nitrogen and oxygen atoms in total. The first-order valence-electron chi connectivity index (χ1n) is 10.4. The molecule has 0 bridgehead atoms. The van der Waals surface area contributed by atoms with Gasteiger partial charge in [0.2, 0.25) is 11.8 Å². The van der Waals surface area contributed by atoms with Gasteiger partial charge < -0.3 is 20.3 Å². The van der Waals surface area contributed by atoms with Gasteiger partial charge in [-0.3, -0.25) is 14.5 Å². The maximum Gasteiger partial charge on any atom is 0.238 e. The Labute approximate surface area is 167 Å². The molecular formula is C21H32N4O3. The van der Waals surface area contributed by atoms with Crippen LogP contribution in [0.25, 0.3) is 0 Å². The molecule has 1 aromatic rings. The van der Waals surface area contributed by atoms with E-state index in [2.05, 4.69) is 15.5 Å². The zero-order valence-corrected chi connectivity index (χ0v) is 16.8. The standard InChI is InChI=1S/C21H32N4O3/c1-2-24(15-20(26)22-17-5-3-4-6-17)16-21(27)23-18-7-9-19(10-8-18)25-11-13-28-14-12-25/h7-10,17H,2-6,11-16H2,1H3,(H,22,26)(H,23,27). The smallest absolute Gasteiger partial charge is 0.238 e. The maximum atomic E-state index is 12.4. The van der Waals surface area contributed by atoms with Gasteiger partial charge in [0.05, 0.1) is 26.3 Å². The number of rotatable bonds is 8. The van der Waals surface area contributed by atoms with Crippen LogP contribution in [-0.2, 0) is 14.3 Å². The average Bonchev–Trinajstić information content (AvgIpc) is 3.21. The third kappa shape index (κ3) is 6.21. The number of ether oxygens (including phenoxy) is 1. The molecule has 0 spiro atoms. The fraction of sp³-hybridized carbons (Fsp3) is 0.619. The highest BCUT2D eigenvalue weighted by molar-refractivity contribution is 5.92. The number of morpholine rings is 1. The van der Waals surface area contributed by atoms with Crippen LogP contribution in [0, 0.1) is 0 Å². The van der Waals surface area contributed by atoms with Gasteiger partial charge >= 0.3 is 0 Å². The van der Waals surface area contributed by atoms with Crippen LogP contribution in [0.1, 0.15) is 32.6 Å². The van der Waals surface area contributed by atoms with Gasteiger partial charge in [0.15, 0.2) is 0 Å². The Morgan fingerprint density at radius 1 is 1.07 bits per heavy atom. The van der Waals surface area contributed by atoms with Crippen molar-refractivity contribution in [2.45, 2.75) is 38.6 Å². The summed E-state index contributed by atoms with van der Waals surface area (Å²) >= 11 is 0. The van der Waals surface area contributed by atoms with Crippen molar-refractivity contribution in [1.82, 2.24) is 10.2 Å². The molecule has 2 amide bonds. The lowest BCUT2D eigenvalue weighted by atomic mass is 10.2. The van der Waals surface area contributed by atoms with E-state index in [0.717, 1.165) is 50.5 Å². The van der Waals surface area contributed by atoms with Crippen LogP contribution < -0.4 is 15.5 Å². The van der Waals surface area contributed by atoms with Crippen molar-refractivity contribution in [2.24, 2.45) is 0 Å². The Hall–Kier alpha value is -2.12. The number of nitrogens with zero attached hydrogens (tertiary/aromatic N) is 2. The molecule has 1 heterocycles. The zero-order chi connectivity index (χ0) is 19.8. The number of likely N-dealkylation sites (N-methyl/N-ethyl adjacent to an activating group) is 1. The number of anilines is 2. The quantitative estimate of drug-likeness (QED) is 0.711. The first-order valence-corrected chi connectivity index (χ1v) is 10.4. The molecule has 7 heteroatoms. The minimum absolute atomic E-state index is 0.0106. The van der Waals surface area contributed by atoms with E-state index in [4.69, 9.17) is 4.74 Å². The molecule has 1 aliphatic heterocycles. The van der Waals surface area contributed by atoms with E-state index in [-0.39, 0.29) is 24.9 Å². The second kappa shape index (κ2) is 10.4. The molecule has 0 radical (unpaired) electrons. The summed E-state index contributed by atoms with van der Waals surface area (Å²) in [7, 11) is 0. The third-order valence-electron chi connectivity index (χ3n) is 5.43. The summed E-state index contributed by atoms with van der Waals surface area (Å²) < 4.78 is 5.38. The van der Waals surface area contributed by atoms with E-state index >= 15 is 0 Å². The zero-order valence-electron chi connectivity index (χ0n) is 16.8. The molecule has 154 valence electrons. The van der Waals surface area contributed by atoms with Gasteiger partial charge in [-0.25, -0.2) is 0 Å². The van der Waals surface area contributed by atoms with Gasteiger partial charge in [-0.15, -0.1) is 0 Å². The van der Waals surface area contributed by atoms with Crippen molar-refractivity contribution in [1.29, 1.82) is 0 Å². The van der Waals surface area contributed by atoms with E-state index in [1.165, 1.54) is 12.8 Å². The third-order valence-corrected chi connectivity index (χ3v) is 5.43. The Kier molecular flexibility index (Phi) is 7.68. The van der Waals surface area contributed by atoms with E-state index in [1.54, 1.807) is 0 Å². The van der Waals surface area contributed by atoms with Gasteiger partial charge in [-0.05, 0) is 43.7 Å². The molecule has 2 N–H and O–H groups in total. The highest BCUT2D eigenvalue weighted by Gasteiger charge is 2.19. The number of carbonyl (C=O) groups is 2. The number of benzene rings is 1. The second-order valence-electron chi connectivity index (χ2n) is 7.55. The largest absolute Gasteiger partial charge is 0.378 e. The van der Waals surface area contributed by atoms with Crippen LogP contribution in [0.3, 0.4) is 0 Å². The minimum atomic E-state index is -0.102. The van der Waals surface area contributed by atoms with Crippen molar-refractivity contribution >= 4 is 23.2 Å². The van der Waals surface area contributed by atoms with Crippen LogP contribution in [0.5, 0.6) is 0 Å². The van der Waals surface area contributed by atoms with Gasteiger partial charge in [0.25, 0.3) is 0 Å². The molecule has 1 saturated carbocycles. The highest BCUT2D eigenvalue weighted by Crippen LogP contribution is 2.19. The molecule has 1 aromatic carbocycles. The highest BCUT2D eigenvalue weighted by atomic mass is 16.5. The van der Waals surface area contributed by atoms with Gasteiger partial charge in [-0.1, -0.05) is 19.8 Å². The molecule has 2 fully saturated rings. The van der Waals surface area contributed by atoms with Crippen LogP contribution >= 0.6 is 0 Å². The predicted molar refractivity (Wildman–Crippen MR) is 111 cm³/mol. The summed E-state index contributed by atoms with van der Waals surface area (Å²) in [6.45, 7) is 6.37. The molecule has 0 aromatic heterocycles. The lowest BCUT2D eigenvalue weighted by molar-refractivity contribution is -0.123. The van der Waals surface area contributed by atoms with Crippen LogP contribution in [0.2, 0.25) is 0 Å². The summed E-state index contributed by atoms with van der Waals surface area (Å²) in [4.78, 5) is 28.7. The van der Waals surface area contributed by atoms with Crippen molar-refractivity contribution < 1.29 is 14.3 Å². The molecule has 0 unspecified atom stereocenters. The summed E-state index contributed by atoms with van der Waals surface area (Å²) in [6.07, 6.45) is 4.52. The Morgan fingerprint density at radius 3 is 2.36 bits per heavy atom. The lowest BCUT2D eigenvalue weighted by Crippen LogP contribution is -2.43. The van der Waals surface area contributed by atoms with Gasteiger partial charge in [-0.2, -0.15) is 0 Å². The number of nitrogens with one attached hydrogen (secondary N) is 2. The van der Waals surface area contributed by atoms with Gasteiger partial charge in [0, 0.05) is 30.5 Å². The topological polar surface area (TPSA) is 73.9 Å². The second-order valence-corrected chi connectivity index (χ2v) is 7.55. The van der Waals surface area contributed by atoms with Crippen molar-refractivity contribution in [3.8, 4) is 0 Å². The number of amides is 2. The Bertz CT molecular complexity index is 638. The monoisotopic (exact) mass is 388 g/mol. The average molecular weight is 389 g/mol. The molecular weight excluding hydrogens is 356 g/mol. The predicted octanol–water partition coefficient (Wildman–Crippen LogP) is 1.84. The SMILES string of the molecule is CCN(CC(=O)Nc1ccc(N2CCOCC2)cc1)CC(=O)NC1CCCC1.